The van der Waals surface area contributed by atoms with E-state index >= 15 is 0 Å². The van der Waals surface area contributed by atoms with Gasteiger partial charge in [-0.1, -0.05) is 26.0 Å². The molecule has 1 aliphatic heterocycles. The fraction of sp³-hybridized carbons (Fsp3) is 0.250. The molecular weight excluding hydrogens is 220 g/mol. The Morgan fingerprint density at radius 1 is 1.65 bits per heavy atom. The van der Waals surface area contributed by atoms with Crippen LogP contribution in [0.4, 0.5) is 4.39 Å². The van der Waals surface area contributed by atoms with Crippen LogP contribution in [-0.4, -0.2) is 23.8 Å². The average Bonchev–Trinajstić information content (AvgIpc) is 2.29. The Labute approximate surface area is 101 Å². The van der Waals surface area contributed by atoms with Crippen molar-refractivity contribution in [1.82, 2.24) is 4.90 Å². The number of hydrogen-bond acceptors (Lipinski definition) is 2. The van der Waals surface area contributed by atoms with Gasteiger partial charge in [-0.25, -0.2) is 4.79 Å². The van der Waals surface area contributed by atoms with Crippen molar-refractivity contribution in [2.24, 2.45) is 0 Å². The molecule has 1 aliphatic rings. The molecule has 3 nitrogen and oxygen atoms in total. The summed E-state index contributed by atoms with van der Waals surface area (Å²) in [6.07, 6.45) is 5.05. The molecule has 0 spiro atoms. The molecule has 0 aliphatic carbocycles. The first-order chi connectivity index (χ1) is 8.02. The van der Waals surface area contributed by atoms with Gasteiger partial charge in [0, 0.05) is 6.20 Å². The quantitative estimate of drug-likeness (QED) is 0.460. The van der Waals surface area contributed by atoms with E-state index in [2.05, 4.69) is 6.58 Å². The molecule has 0 fully saturated rings. The number of carbonyl (C=O) groups is 1. The smallest absolute Gasteiger partial charge is 0.333 e. The normalized spacial score (nSPS) is 18.4. The zero-order valence-corrected chi connectivity index (χ0v) is 9.61. The number of allylic oxidation sites excluding steroid dienone is 3. The Kier molecular flexibility index (Phi) is 4.32. The molecule has 17 heavy (non-hydrogen) atoms. The van der Waals surface area contributed by atoms with Crippen molar-refractivity contribution in [3.63, 3.8) is 0 Å². The second kappa shape index (κ2) is 5.52. The molecule has 0 saturated heterocycles. The van der Waals surface area contributed by atoms with Crippen LogP contribution < -0.4 is 0 Å². The molecule has 0 unspecified atom stereocenters. The van der Waals surface area contributed by atoms with E-state index in [4.69, 9.17) is 13.0 Å². The van der Waals surface area contributed by atoms with Gasteiger partial charge in [0.15, 0.2) is 5.95 Å². The molecule has 2 radical (unpaired) electrons. The maximum absolute atomic E-state index is 13.7. The van der Waals surface area contributed by atoms with Crippen LogP contribution in [0.3, 0.4) is 0 Å². The molecule has 0 aromatic rings. The van der Waals surface area contributed by atoms with Crippen LogP contribution >= 0.6 is 0 Å². The predicted molar refractivity (Wildman–Crippen MR) is 64.6 cm³/mol. The Bertz CT molecular complexity index is 438. The van der Waals surface area contributed by atoms with Crippen LogP contribution in [0.25, 0.3) is 0 Å². The molecule has 1 N–H and O–H groups in total. The molecule has 0 aromatic carbocycles. The van der Waals surface area contributed by atoms with Gasteiger partial charge in [-0.15, -0.1) is 0 Å². The zero-order chi connectivity index (χ0) is 13.0. The number of rotatable bonds is 4. The van der Waals surface area contributed by atoms with Crippen molar-refractivity contribution >= 4 is 13.8 Å². The third-order valence-corrected chi connectivity index (χ3v) is 2.38. The van der Waals surface area contributed by atoms with Crippen LogP contribution in [-0.2, 0) is 4.79 Å². The van der Waals surface area contributed by atoms with Crippen LogP contribution in [0.1, 0.15) is 19.8 Å². The lowest BCUT2D eigenvalue weighted by atomic mass is 9.92. The summed E-state index contributed by atoms with van der Waals surface area (Å²) in [4.78, 5) is 12.2. The van der Waals surface area contributed by atoms with Crippen LogP contribution in [0, 0.1) is 0 Å². The molecule has 1 rings (SSSR count). The molecule has 0 atom stereocenters. The average molecular weight is 233 g/mol. The van der Waals surface area contributed by atoms with Gasteiger partial charge in [0.25, 0.3) is 0 Å². The molecule has 1 heterocycles. The van der Waals surface area contributed by atoms with Crippen molar-refractivity contribution in [3.8, 4) is 0 Å². The number of carboxylic acid groups (broad SMARTS) is 1. The molecule has 5 heteroatoms. The summed E-state index contributed by atoms with van der Waals surface area (Å²) in [5.41, 5.74) is 0.363. The first-order valence-corrected chi connectivity index (χ1v) is 5.24. The Balaban J connectivity index is 3.29. The van der Waals surface area contributed by atoms with E-state index < -0.39 is 11.9 Å². The van der Waals surface area contributed by atoms with Crippen molar-refractivity contribution in [2.45, 2.75) is 19.8 Å². The zero-order valence-electron chi connectivity index (χ0n) is 9.61. The van der Waals surface area contributed by atoms with Gasteiger partial charge in [-0.2, -0.15) is 4.39 Å². The summed E-state index contributed by atoms with van der Waals surface area (Å²) in [5, 5.41) is 9.10. The van der Waals surface area contributed by atoms with E-state index in [0.29, 0.717) is 12.8 Å². The van der Waals surface area contributed by atoms with Gasteiger partial charge in [0.1, 0.15) is 7.85 Å². The number of nitrogens with zero attached hydrogens (tertiary/aromatic N) is 1. The molecular formula is C12H13BFNO2. The van der Waals surface area contributed by atoms with Crippen LogP contribution in [0.15, 0.2) is 47.6 Å². The maximum Gasteiger partial charge on any atom is 0.333 e. The number of carboxylic acids is 1. The summed E-state index contributed by atoms with van der Waals surface area (Å²) in [7, 11) is 5.42. The Hall–Kier alpha value is -1.78. The Morgan fingerprint density at radius 2 is 2.29 bits per heavy atom. The minimum atomic E-state index is -1.06. The number of hydrogen-bond donors (Lipinski definition) is 1. The monoisotopic (exact) mass is 233 g/mol. The van der Waals surface area contributed by atoms with Gasteiger partial charge in [-0.3, -0.25) is 4.90 Å². The summed E-state index contributed by atoms with van der Waals surface area (Å²) >= 11 is 0. The summed E-state index contributed by atoms with van der Waals surface area (Å²) in [6.45, 7) is 5.31. The highest BCUT2D eigenvalue weighted by Crippen LogP contribution is 2.28. The second-order valence-electron chi connectivity index (χ2n) is 3.55. The SMILES string of the molecule is [B]C1=C(F)N(C=C)/C(=C(\CCC)C(=O)O)C=C1. The highest BCUT2D eigenvalue weighted by Gasteiger charge is 2.22. The van der Waals surface area contributed by atoms with E-state index in [1.807, 2.05) is 6.92 Å². The minimum absolute atomic E-state index is 0.0464. The van der Waals surface area contributed by atoms with Crippen LogP contribution in [0.2, 0.25) is 0 Å². The molecule has 0 bridgehead atoms. The molecule has 0 aromatic heterocycles. The third-order valence-electron chi connectivity index (χ3n) is 2.38. The van der Waals surface area contributed by atoms with Gasteiger partial charge in [0.2, 0.25) is 0 Å². The van der Waals surface area contributed by atoms with E-state index in [-0.39, 0.29) is 16.7 Å². The first-order valence-electron chi connectivity index (χ1n) is 5.24. The predicted octanol–water partition coefficient (Wildman–Crippen LogP) is 2.45. The fourth-order valence-corrected chi connectivity index (χ4v) is 1.58. The van der Waals surface area contributed by atoms with Gasteiger partial charge >= 0.3 is 5.97 Å². The van der Waals surface area contributed by atoms with E-state index in [1.54, 1.807) is 0 Å². The number of aliphatic carboxylic acids is 1. The molecule has 0 saturated carbocycles. The summed E-state index contributed by atoms with van der Waals surface area (Å²) in [6, 6.07) is 0. The summed E-state index contributed by atoms with van der Waals surface area (Å²) in [5.74, 6) is -1.76. The Morgan fingerprint density at radius 3 is 2.76 bits per heavy atom. The highest BCUT2D eigenvalue weighted by molar-refractivity contribution is 6.23. The first kappa shape index (κ1) is 13.3. The highest BCUT2D eigenvalue weighted by atomic mass is 19.1. The van der Waals surface area contributed by atoms with Gasteiger partial charge in [-0.05, 0) is 18.0 Å². The van der Waals surface area contributed by atoms with E-state index in [1.165, 1.54) is 18.4 Å². The van der Waals surface area contributed by atoms with E-state index in [9.17, 15) is 9.18 Å². The minimum Gasteiger partial charge on any atom is -0.478 e. The third kappa shape index (κ3) is 2.67. The fourth-order valence-electron chi connectivity index (χ4n) is 1.58. The van der Waals surface area contributed by atoms with Crippen LogP contribution in [0.5, 0.6) is 0 Å². The lowest BCUT2D eigenvalue weighted by molar-refractivity contribution is -0.132. The topological polar surface area (TPSA) is 40.5 Å². The van der Waals surface area contributed by atoms with E-state index in [0.717, 1.165) is 4.90 Å². The lowest BCUT2D eigenvalue weighted by Gasteiger charge is -2.25. The van der Waals surface area contributed by atoms with Gasteiger partial charge < -0.3 is 5.11 Å². The number of halogens is 1. The van der Waals surface area contributed by atoms with Crippen molar-refractivity contribution in [1.29, 1.82) is 0 Å². The maximum atomic E-state index is 13.7. The molecule has 88 valence electrons. The standard InChI is InChI=1S/C12H13BFNO2/c1-3-5-8(12(16)17)10-7-6-9(13)11(14)15(10)4-2/h4,6-7H,2-3,5H2,1H3,(H,16,17)/b10-8+. The summed E-state index contributed by atoms with van der Waals surface area (Å²) < 4.78 is 13.7. The van der Waals surface area contributed by atoms with Crippen molar-refractivity contribution in [2.75, 3.05) is 0 Å². The van der Waals surface area contributed by atoms with Gasteiger partial charge in [0.05, 0.1) is 11.3 Å². The second-order valence-corrected chi connectivity index (χ2v) is 3.55. The van der Waals surface area contributed by atoms with Crippen molar-refractivity contribution in [3.05, 3.63) is 47.6 Å². The lowest BCUT2D eigenvalue weighted by Crippen LogP contribution is -2.21. The largest absolute Gasteiger partial charge is 0.478 e. The molecule has 0 amide bonds. The van der Waals surface area contributed by atoms with Crippen molar-refractivity contribution < 1.29 is 14.3 Å².